The molecule has 1 fully saturated rings. The van der Waals surface area contributed by atoms with Crippen molar-refractivity contribution in [1.82, 2.24) is 0 Å². The van der Waals surface area contributed by atoms with Gasteiger partial charge in [0, 0.05) is 6.07 Å². The van der Waals surface area contributed by atoms with Gasteiger partial charge in [-0.1, -0.05) is 13.8 Å². The van der Waals surface area contributed by atoms with E-state index in [-0.39, 0.29) is 11.9 Å². The molecule has 17 heavy (non-hydrogen) atoms. The molecular formula is C14H18BrFO. The molecule has 0 spiro atoms. The Bertz CT molecular complexity index is 394. The van der Waals surface area contributed by atoms with E-state index in [2.05, 4.69) is 29.8 Å². The fraction of sp³-hybridized carbons (Fsp3) is 0.571. The molecule has 0 N–H and O–H groups in total. The lowest BCUT2D eigenvalue weighted by atomic mass is 9.80. The number of benzene rings is 1. The summed E-state index contributed by atoms with van der Waals surface area (Å²) in [5, 5.41) is 0. The van der Waals surface area contributed by atoms with Crippen LogP contribution in [0.2, 0.25) is 0 Å². The smallest absolute Gasteiger partial charge is 0.141 e. The van der Waals surface area contributed by atoms with Gasteiger partial charge < -0.3 is 4.74 Å². The van der Waals surface area contributed by atoms with Crippen LogP contribution < -0.4 is 4.74 Å². The molecule has 0 saturated heterocycles. The molecule has 0 radical (unpaired) electrons. The lowest BCUT2D eigenvalue weighted by Crippen LogP contribution is -2.28. The Kier molecular flexibility index (Phi) is 4.08. The summed E-state index contributed by atoms with van der Waals surface area (Å²) < 4.78 is 19.7. The number of hydrogen-bond donors (Lipinski definition) is 0. The summed E-state index contributed by atoms with van der Waals surface area (Å²) in [6, 6.07) is 4.96. The number of ether oxygens (including phenoxy) is 1. The maximum Gasteiger partial charge on any atom is 0.141 e. The Morgan fingerprint density at radius 3 is 2.65 bits per heavy atom. The van der Waals surface area contributed by atoms with Crippen LogP contribution >= 0.6 is 15.9 Å². The quantitative estimate of drug-likeness (QED) is 0.763. The van der Waals surface area contributed by atoms with E-state index in [4.69, 9.17) is 4.74 Å². The third kappa shape index (κ3) is 3.21. The van der Waals surface area contributed by atoms with E-state index in [9.17, 15) is 4.39 Å². The van der Waals surface area contributed by atoms with Crippen molar-refractivity contribution < 1.29 is 9.13 Å². The zero-order valence-electron chi connectivity index (χ0n) is 10.2. The Morgan fingerprint density at radius 1 is 1.24 bits per heavy atom. The normalized spacial score (nSPS) is 29.1. The Morgan fingerprint density at radius 2 is 2.00 bits per heavy atom. The number of halogens is 2. The van der Waals surface area contributed by atoms with Crippen molar-refractivity contribution >= 4 is 15.9 Å². The largest absolute Gasteiger partial charge is 0.490 e. The average Bonchev–Trinajstić information content (AvgIpc) is 2.29. The molecule has 3 heteroatoms. The highest BCUT2D eigenvalue weighted by Gasteiger charge is 2.25. The molecule has 0 aromatic heterocycles. The zero-order valence-corrected chi connectivity index (χ0v) is 11.8. The predicted molar refractivity (Wildman–Crippen MR) is 70.7 cm³/mol. The molecule has 1 aliphatic carbocycles. The van der Waals surface area contributed by atoms with Crippen LogP contribution in [0.3, 0.4) is 0 Å². The molecule has 1 nitrogen and oxygen atoms in total. The topological polar surface area (TPSA) is 9.23 Å². The second-order valence-electron chi connectivity index (χ2n) is 5.08. The third-order valence-corrected chi connectivity index (χ3v) is 4.39. The fourth-order valence-electron chi connectivity index (χ4n) is 2.35. The van der Waals surface area contributed by atoms with Crippen LogP contribution in [0.15, 0.2) is 22.7 Å². The maximum atomic E-state index is 13.3. The van der Waals surface area contributed by atoms with Gasteiger partial charge in [0.15, 0.2) is 0 Å². The molecule has 2 rings (SSSR count). The highest BCUT2D eigenvalue weighted by Crippen LogP contribution is 2.32. The molecule has 0 bridgehead atoms. The Hall–Kier alpha value is -0.570. The van der Waals surface area contributed by atoms with Gasteiger partial charge >= 0.3 is 0 Å². The molecular weight excluding hydrogens is 283 g/mol. The molecule has 3 unspecified atom stereocenters. The first-order valence-corrected chi connectivity index (χ1v) is 6.97. The standard InChI is InChI=1S/C14H18BrFO/c1-9-3-4-11(7-10(9)2)17-12-5-6-13(15)14(16)8-12/h5-6,8-11H,3-4,7H2,1-2H3. The van der Waals surface area contributed by atoms with Gasteiger partial charge in [-0.2, -0.15) is 0 Å². The second kappa shape index (κ2) is 5.38. The SMILES string of the molecule is CC1CCC(Oc2ccc(Br)c(F)c2)CC1C. The van der Waals surface area contributed by atoms with Crippen LogP contribution in [-0.4, -0.2) is 6.10 Å². The lowest BCUT2D eigenvalue weighted by molar-refractivity contribution is 0.100. The highest BCUT2D eigenvalue weighted by atomic mass is 79.9. The van der Waals surface area contributed by atoms with E-state index in [1.165, 1.54) is 12.5 Å². The summed E-state index contributed by atoms with van der Waals surface area (Å²) in [5.74, 6) is 1.84. The average molecular weight is 301 g/mol. The minimum absolute atomic E-state index is 0.238. The Labute approximate surface area is 110 Å². The summed E-state index contributed by atoms with van der Waals surface area (Å²) in [6.45, 7) is 4.56. The van der Waals surface area contributed by atoms with Crippen molar-refractivity contribution in [2.45, 2.75) is 39.2 Å². The first-order chi connectivity index (χ1) is 8.06. The summed E-state index contributed by atoms with van der Waals surface area (Å²) >= 11 is 3.14. The van der Waals surface area contributed by atoms with Crippen molar-refractivity contribution in [1.29, 1.82) is 0 Å². The van der Waals surface area contributed by atoms with Crippen molar-refractivity contribution in [3.05, 3.63) is 28.5 Å². The molecule has 3 atom stereocenters. The van der Waals surface area contributed by atoms with Crippen molar-refractivity contribution in [2.24, 2.45) is 11.8 Å². The van der Waals surface area contributed by atoms with Gasteiger partial charge in [-0.3, -0.25) is 0 Å². The summed E-state index contributed by atoms with van der Waals surface area (Å²) in [4.78, 5) is 0. The van der Waals surface area contributed by atoms with E-state index in [1.807, 2.05) is 6.07 Å². The van der Waals surface area contributed by atoms with E-state index in [1.54, 1.807) is 6.07 Å². The minimum atomic E-state index is -0.264. The van der Waals surface area contributed by atoms with Crippen molar-refractivity contribution in [2.75, 3.05) is 0 Å². The molecule has 1 saturated carbocycles. The van der Waals surface area contributed by atoms with E-state index >= 15 is 0 Å². The molecule has 1 aromatic carbocycles. The van der Waals surface area contributed by atoms with Gasteiger partial charge in [-0.15, -0.1) is 0 Å². The van der Waals surface area contributed by atoms with Crippen LogP contribution in [0, 0.1) is 17.7 Å². The van der Waals surface area contributed by atoms with Gasteiger partial charge in [-0.05, 0) is 59.2 Å². The van der Waals surface area contributed by atoms with Gasteiger partial charge in [0.2, 0.25) is 0 Å². The molecule has 94 valence electrons. The van der Waals surface area contributed by atoms with Gasteiger partial charge in [-0.25, -0.2) is 4.39 Å². The second-order valence-corrected chi connectivity index (χ2v) is 5.94. The molecule has 0 aliphatic heterocycles. The molecule has 0 amide bonds. The van der Waals surface area contributed by atoms with Crippen LogP contribution in [0.1, 0.15) is 33.1 Å². The maximum absolute atomic E-state index is 13.3. The van der Waals surface area contributed by atoms with Crippen molar-refractivity contribution in [3.8, 4) is 5.75 Å². The summed E-state index contributed by atoms with van der Waals surface area (Å²) in [5.41, 5.74) is 0. The number of rotatable bonds is 2. The predicted octanol–water partition coefficient (Wildman–Crippen LogP) is 4.79. The van der Waals surface area contributed by atoms with Gasteiger partial charge in [0.1, 0.15) is 11.6 Å². The van der Waals surface area contributed by atoms with E-state index in [0.717, 1.165) is 18.8 Å². The van der Waals surface area contributed by atoms with Crippen LogP contribution in [0.5, 0.6) is 5.75 Å². The lowest BCUT2D eigenvalue weighted by Gasteiger charge is -2.32. The fourth-order valence-corrected chi connectivity index (χ4v) is 2.59. The van der Waals surface area contributed by atoms with Gasteiger partial charge in [0.05, 0.1) is 10.6 Å². The first kappa shape index (κ1) is 12.9. The first-order valence-electron chi connectivity index (χ1n) is 6.18. The van der Waals surface area contributed by atoms with Gasteiger partial charge in [0.25, 0.3) is 0 Å². The van der Waals surface area contributed by atoms with Crippen molar-refractivity contribution in [3.63, 3.8) is 0 Å². The number of hydrogen-bond acceptors (Lipinski definition) is 1. The summed E-state index contributed by atoms with van der Waals surface area (Å²) in [7, 11) is 0. The zero-order chi connectivity index (χ0) is 12.4. The van der Waals surface area contributed by atoms with E-state index < -0.39 is 0 Å². The third-order valence-electron chi connectivity index (χ3n) is 3.74. The molecule has 0 heterocycles. The molecule has 1 aromatic rings. The minimum Gasteiger partial charge on any atom is -0.490 e. The highest BCUT2D eigenvalue weighted by molar-refractivity contribution is 9.10. The van der Waals surface area contributed by atoms with Crippen LogP contribution in [-0.2, 0) is 0 Å². The summed E-state index contributed by atoms with van der Waals surface area (Å²) in [6.07, 6.45) is 3.58. The van der Waals surface area contributed by atoms with Crippen LogP contribution in [0.25, 0.3) is 0 Å². The van der Waals surface area contributed by atoms with E-state index in [0.29, 0.717) is 16.1 Å². The Balaban J connectivity index is 1.99. The monoisotopic (exact) mass is 300 g/mol. The molecule has 1 aliphatic rings. The van der Waals surface area contributed by atoms with Crippen LogP contribution in [0.4, 0.5) is 4.39 Å².